The number of ether oxygens (including phenoxy) is 1. The molecule has 1 saturated carbocycles. The van der Waals surface area contributed by atoms with Crippen molar-refractivity contribution in [2.75, 3.05) is 14.2 Å². The molecule has 12 nitrogen and oxygen atoms in total. The second-order valence-electron chi connectivity index (χ2n) is 9.35. The molecule has 1 aromatic carbocycles. The molecule has 5 rings (SSSR count). The van der Waals surface area contributed by atoms with Gasteiger partial charge in [0.25, 0.3) is 17.4 Å². The number of amides is 1. The topological polar surface area (TPSA) is 157 Å². The van der Waals surface area contributed by atoms with E-state index in [9.17, 15) is 19.8 Å². The number of rotatable bonds is 10. The summed E-state index contributed by atoms with van der Waals surface area (Å²) in [6, 6.07) is 10.1. The van der Waals surface area contributed by atoms with Crippen molar-refractivity contribution < 1.29 is 24.2 Å². The van der Waals surface area contributed by atoms with E-state index in [4.69, 9.17) is 9.15 Å². The third-order valence-corrected chi connectivity index (χ3v) is 6.59. The zero-order chi connectivity index (χ0) is 27.5. The van der Waals surface area contributed by atoms with Gasteiger partial charge in [0.2, 0.25) is 11.8 Å². The molecular weight excluding hydrogens is 504 g/mol. The average Bonchev–Trinajstić information content (AvgIpc) is 3.68. The molecule has 3 aromatic heterocycles. The molecule has 0 bridgehead atoms. The largest absolute Gasteiger partial charge is 0.495 e. The number of hydrogen-bond acceptors (Lipinski definition) is 10. The van der Waals surface area contributed by atoms with Gasteiger partial charge in [0.1, 0.15) is 17.3 Å². The van der Waals surface area contributed by atoms with Gasteiger partial charge in [-0.05, 0) is 30.5 Å². The minimum atomic E-state index is -0.652. The molecule has 1 aliphatic carbocycles. The zero-order valence-electron chi connectivity index (χ0n) is 21.6. The van der Waals surface area contributed by atoms with Crippen molar-refractivity contribution in [3.05, 3.63) is 75.9 Å². The minimum absolute atomic E-state index is 0.0493. The molecule has 12 heteroatoms. The number of pyridine rings is 1. The van der Waals surface area contributed by atoms with Crippen LogP contribution >= 0.6 is 0 Å². The van der Waals surface area contributed by atoms with Gasteiger partial charge in [-0.3, -0.25) is 19.1 Å². The zero-order valence-corrected chi connectivity index (χ0v) is 21.6. The van der Waals surface area contributed by atoms with E-state index in [1.165, 1.54) is 22.8 Å². The van der Waals surface area contributed by atoms with Crippen LogP contribution in [0, 0.1) is 5.92 Å². The quantitative estimate of drug-likeness (QED) is 0.311. The van der Waals surface area contributed by atoms with Gasteiger partial charge in [-0.1, -0.05) is 31.0 Å². The van der Waals surface area contributed by atoms with Crippen LogP contribution in [0.15, 0.2) is 51.8 Å². The number of aliphatic hydroxyl groups is 1. The minimum Gasteiger partial charge on any atom is -0.495 e. The first-order valence-electron chi connectivity index (χ1n) is 12.5. The first kappa shape index (κ1) is 26.0. The molecule has 1 aliphatic rings. The van der Waals surface area contributed by atoms with E-state index in [1.807, 2.05) is 0 Å². The molecule has 0 atom stereocenters. The summed E-state index contributed by atoms with van der Waals surface area (Å²) in [7, 11) is 3.02. The van der Waals surface area contributed by atoms with E-state index in [-0.39, 0.29) is 42.1 Å². The third kappa shape index (κ3) is 5.36. The molecule has 39 heavy (non-hydrogen) atoms. The Bertz CT molecular complexity index is 1520. The van der Waals surface area contributed by atoms with E-state index >= 15 is 0 Å². The summed E-state index contributed by atoms with van der Waals surface area (Å²) in [5, 5.41) is 28.8. The maximum atomic E-state index is 14.0. The van der Waals surface area contributed by atoms with Crippen LogP contribution in [0.3, 0.4) is 0 Å². The lowest BCUT2D eigenvalue weighted by Gasteiger charge is -2.19. The van der Waals surface area contributed by atoms with E-state index in [0.29, 0.717) is 35.2 Å². The van der Waals surface area contributed by atoms with Crippen molar-refractivity contribution in [2.24, 2.45) is 5.92 Å². The molecule has 0 radical (unpaired) electrons. The van der Waals surface area contributed by atoms with Crippen molar-refractivity contribution in [2.45, 2.75) is 38.8 Å². The highest BCUT2D eigenvalue weighted by atomic mass is 16.5. The Hall–Kier alpha value is -4.58. The monoisotopic (exact) mass is 532 g/mol. The summed E-state index contributed by atoms with van der Waals surface area (Å²) < 4.78 is 12.6. The first-order valence-corrected chi connectivity index (χ1v) is 12.5. The molecule has 1 amide bonds. The van der Waals surface area contributed by atoms with Gasteiger partial charge in [0.05, 0.1) is 25.9 Å². The summed E-state index contributed by atoms with van der Waals surface area (Å²) in [6.45, 7) is -0.399. The third-order valence-electron chi connectivity index (χ3n) is 6.59. The maximum Gasteiger partial charge on any atom is 0.275 e. The SMILES string of the molecule is COc1cccc(CO)c1-n1c(CCC2CC2)nc(O)c(-c2nnc(CN(C)C(=O)c3ccccn3)o2)c1=O. The number of hydrogen-bond donors (Lipinski definition) is 2. The normalized spacial score (nSPS) is 12.9. The van der Waals surface area contributed by atoms with Gasteiger partial charge in [-0.25, -0.2) is 0 Å². The van der Waals surface area contributed by atoms with Gasteiger partial charge in [-0.15, -0.1) is 10.2 Å². The van der Waals surface area contributed by atoms with Gasteiger partial charge in [0, 0.05) is 25.2 Å². The number of benzene rings is 1. The van der Waals surface area contributed by atoms with E-state index < -0.39 is 11.4 Å². The highest BCUT2D eigenvalue weighted by Crippen LogP contribution is 2.35. The Kier molecular flexibility index (Phi) is 7.37. The number of carbonyl (C=O) groups is 1. The summed E-state index contributed by atoms with van der Waals surface area (Å²) in [5.74, 6) is 0.139. The van der Waals surface area contributed by atoms with Gasteiger partial charge < -0.3 is 24.3 Å². The predicted molar refractivity (Wildman–Crippen MR) is 138 cm³/mol. The van der Waals surface area contributed by atoms with Gasteiger partial charge >= 0.3 is 0 Å². The van der Waals surface area contributed by atoms with Crippen LogP contribution in [-0.2, 0) is 19.6 Å². The van der Waals surface area contributed by atoms with Crippen LogP contribution in [0.4, 0.5) is 0 Å². The number of carbonyl (C=O) groups excluding carboxylic acids is 1. The Labute approximate surface area is 223 Å². The summed E-state index contributed by atoms with van der Waals surface area (Å²) in [4.78, 5) is 36.4. The average molecular weight is 533 g/mol. The predicted octanol–water partition coefficient (Wildman–Crippen LogP) is 2.50. The maximum absolute atomic E-state index is 14.0. The summed E-state index contributed by atoms with van der Waals surface area (Å²) in [6.07, 6.45) is 4.99. The van der Waals surface area contributed by atoms with E-state index in [1.54, 1.807) is 43.4 Å². The smallest absolute Gasteiger partial charge is 0.275 e. The fourth-order valence-corrected chi connectivity index (χ4v) is 4.37. The van der Waals surface area contributed by atoms with Crippen LogP contribution < -0.4 is 10.3 Å². The van der Waals surface area contributed by atoms with Crippen molar-refractivity contribution >= 4 is 5.91 Å². The van der Waals surface area contributed by atoms with Crippen LogP contribution in [0.2, 0.25) is 0 Å². The fourth-order valence-electron chi connectivity index (χ4n) is 4.37. The van der Waals surface area contributed by atoms with Crippen molar-refractivity contribution in [1.82, 2.24) is 29.6 Å². The summed E-state index contributed by atoms with van der Waals surface area (Å²) in [5.41, 5.74) is 0.0803. The van der Waals surface area contributed by atoms with Crippen LogP contribution in [-0.4, -0.2) is 59.9 Å². The van der Waals surface area contributed by atoms with Gasteiger partial charge in [-0.2, -0.15) is 4.98 Å². The number of para-hydroxylation sites is 1. The van der Waals surface area contributed by atoms with Crippen molar-refractivity contribution in [3.8, 4) is 28.8 Å². The molecule has 1 fully saturated rings. The Morgan fingerprint density at radius 3 is 2.72 bits per heavy atom. The molecule has 202 valence electrons. The number of methoxy groups -OCH3 is 1. The van der Waals surface area contributed by atoms with Crippen molar-refractivity contribution in [3.63, 3.8) is 0 Å². The van der Waals surface area contributed by atoms with E-state index in [2.05, 4.69) is 20.2 Å². The standard InChI is InChI=1S/C27H28N6O6/c1-32(26(36)18-7-3-4-13-28-18)14-21-30-31-25(39-21)22-24(35)29-20(12-11-16-9-10-16)33(27(22)37)23-17(15-34)6-5-8-19(23)38-2/h3-8,13,16,34-35H,9-12,14-15H2,1-2H3. The van der Waals surface area contributed by atoms with Crippen LogP contribution in [0.5, 0.6) is 11.6 Å². The number of aryl methyl sites for hydroxylation is 1. The number of aromatic hydroxyl groups is 1. The Morgan fingerprint density at radius 1 is 1.21 bits per heavy atom. The van der Waals surface area contributed by atoms with Gasteiger partial charge in [0.15, 0.2) is 5.56 Å². The second-order valence-corrected chi connectivity index (χ2v) is 9.35. The Morgan fingerprint density at radius 2 is 2.03 bits per heavy atom. The molecule has 2 N–H and O–H groups in total. The highest BCUT2D eigenvalue weighted by molar-refractivity contribution is 5.91. The molecule has 0 spiro atoms. The lowest BCUT2D eigenvalue weighted by molar-refractivity contribution is 0.0767. The highest BCUT2D eigenvalue weighted by Gasteiger charge is 2.28. The molecule has 0 aliphatic heterocycles. The lowest BCUT2D eigenvalue weighted by atomic mass is 10.1. The second kappa shape index (κ2) is 11.0. The molecule has 3 heterocycles. The molecule has 0 unspecified atom stereocenters. The lowest BCUT2D eigenvalue weighted by Crippen LogP contribution is -2.27. The molecule has 0 saturated heterocycles. The first-order chi connectivity index (χ1) is 18.9. The number of aromatic nitrogens is 5. The summed E-state index contributed by atoms with van der Waals surface area (Å²) >= 11 is 0. The van der Waals surface area contributed by atoms with Crippen LogP contribution in [0.1, 0.15) is 47.0 Å². The Balaban J connectivity index is 1.54. The fraction of sp³-hybridized carbons (Fsp3) is 0.333. The number of aliphatic hydroxyl groups excluding tert-OH is 1. The van der Waals surface area contributed by atoms with E-state index in [0.717, 1.165) is 19.3 Å². The van der Waals surface area contributed by atoms with Crippen molar-refractivity contribution in [1.29, 1.82) is 0 Å². The molecular formula is C27H28N6O6. The van der Waals surface area contributed by atoms with Crippen LogP contribution in [0.25, 0.3) is 17.1 Å². The molecule has 4 aromatic rings. The number of nitrogens with zero attached hydrogens (tertiary/aromatic N) is 6.